The minimum absolute atomic E-state index is 0.0266. The van der Waals surface area contributed by atoms with Gasteiger partial charge in [-0.1, -0.05) is 35.0 Å². The van der Waals surface area contributed by atoms with Gasteiger partial charge in [-0.05, 0) is 41.8 Å². The number of rotatable bonds is 2. The number of ether oxygens (including phenoxy) is 1. The van der Waals surface area contributed by atoms with E-state index in [4.69, 9.17) is 27.6 Å². The van der Waals surface area contributed by atoms with Gasteiger partial charge in [0.05, 0.1) is 0 Å². The van der Waals surface area contributed by atoms with Gasteiger partial charge in [-0.3, -0.25) is 5.41 Å². The van der Waals surface area contributed by atoms with E-state index < -0.39 is 0 Å². The number of aryl methyl sites for hydroxylation is 1. The molecule has 6 heteroatoms. The summed E-state index contributed by atoms with van der Waals surface area (Å²) in [5.41, 5.74) is 3.74. The highest BCUT2D eigenvalue weighted by Crippen LogP contribution is 2.39. The first-order valence-corrected chi connectivity index (χ1v) is 7.22. The molecule has 5 nitrogen and oxygen atoms in total. The number of nitrogens with zero attached hydrogens (tertiary/aromatic N) is 2. The number of nitrogens with one attached hydrogen (secondary N) is 1. The predicted octanol–water partition coefficient (Wildman–Crippen LogP) is 3.98. The maximum absolute atomic E-state index is 7.78. The summed E-state index contributed by atoms with van der Waals surface area (Å²) in [5, 5.41) is 15.2. The van der Waals surface area contributed by atoms with Crippen molar-refractivity contribution in [3.63, 3.8) is 0 Å². The molecule has 1 aliphatic rings. The largest absolute Gasteiger partial charge is 0.485 e. The topological polar surface area (TPSA) is 83.8 Å². The van der Waals surface area contributed by atoms with Gasteiger partial charge >= 0.3 is 0 Å². The molecule has 0 saturated carbocycles. The van der Waals surface area contributed by atoms with Crippen molar-refractivity contribution >= 4 is 17.4 Å². The molecule has 0 radical (unpaired) electrons. The Morgan fingerprint density at radius 2 is 2.18 bits per heavy atom. The Kier molecular flexibility index (Phi) is 3.81. The monoisotopic (exact) mass is 314 g/mol. The van der Waals surface area contributed by atoms with Gasteiger partial charge in [0.15, 0.2) is 5.84 Å². The normalized spacial score (nSPS) is 16.5. The molecule has 0 bridgehead atoms. The average Bonchev–Trinajstić information content (AvgIpc) is 2.91. The Hall–Kier alpha value is -2.40. The van der Waals surface area contributed by atoms with Crippen molar-refractivity contribution in [3.05, 3.63) is 63.7 Å². The first-order valence-electron chi connectivity index (χ1n) is 6.84. The second kappa shape index (κ2) is 5.77. The van der Waals surface area contributed by atoms with Gasteiger partial charge in [0.1, 0.15) is 11.9 Å². The average molecular weight is 315 g/mol. The van der Waals surface area contributed by atoms with Gasteiger partial charge in [-0.25, -0.2) is 0 Å². The van der Waals surface area contributed by atoms with Crippen molar-refractivity contribution in [1.29, 1.82) is 5.41 Å². The maximum Gasteiger partial charge on any atom is 0.176 e. The van der Waals surface area contributed by atoms with Crippen molar-refractivity contribution in [1.82, 2.24) is 0 Å². The molecule has 2 aromatic carbocycles. The second-order valence-electron chi connectivity index (χ2n) is 5.21. The summed E-state index contributed by atoms with van der Waals surface area (Å²) in [6.07, 6.45) is 0.667. The third-order valence-electron chi connectivity index (χ3n) is 3.71. The van der Waals surface area contributed by atoms with Crippen molar-refractivity contribution in [2.75, 3.05) is 0 Å². The van der Waals surface area contributed by atoms with Gasteiger partial charge in [-0.15, -0.1) is 5.11 Å². The SMILES string of the molecule is Cc1cc2c(cc1Cl)C[C@@H](c1cccc(C(=N)N=NN)c1)O2. The van der Waals surface area contributed by atoms with E-state index >= 15 is 0 Å². The molecule has 0 saturated heterocycles. The van der Waals surface area contributed by atoms with E-state index in [1.165, 1.54) is 0 Å². The molecular weight excluding hydrogens is 300 g/mol. The fourth-order valence-electron chi connectivity index (χ4n) is 2.55. The van der Waals surface area contributed by atoms with Gasteiger partial charge in [0, 0.05) is 17.0 Å². The Balaban J connectivity index is 1.88. The van der Waals surface area contributed by atoms with Crippen LogP contribution in [0, 0.1) is 12.3 Å². The molecule has 22 heavy (non-hydrogen) atoms. The van der Waals surface area contributed by atoms with Gasteiger partial charge in [0.2, 0.25) is 0 Å². The summed E-state index contributed by atoms with van der Waals surface area (Å²) in [5.74, 6) is 5.89. The van der Waals surface area contributed by atoms with E-state index in [1.54, 1.807) is 6.07 Å². The number of benzene rings is 2. The van der Waals surface area contributed by atoms with E-state index in [2.05, 4.69) is 10.3 Å². The Labute approximate surface area is 133 Å². The van der Waals surface area contributed by atoms with Crippen LogP contribution in [0.3, 0.4) is 0 Å². The molecule has 0 aliphatic carbocycles. The van der Waals surface area contributed by atoms with E-state index in [0.29, 0.717) is 5.56 Å². The Bertz CT molecular complexity index is 742. The summed E-state index contributed by atoms with van der Waals surface area (Å²) < 4.78 is 6.02. The molecule has 0 amide bonds. The molecule has 112 valence electrons. The zero-order valence-corrected chi connectivity index (χ0v) is 12.8. The van der Waals surface area contributed by atoms with Crippen LogP contribution in [0.4, 0.5) is 0 Å². The molecule has 2 aromatic rings. The molecule has 3 rings (SSSR count). The lowest BCUT2D eigenvalue weighted by Crippen LogP contribution is -2.05. The van der Waals surface area contributed by atoms with Crippen LogP contribution in [0.15, 0.2) is 46.7 Å². The fourth-order valence-corrected chi connectivity index (χ4v) is 2.73. The van der Waals surface area contributed by atoms with Crippen LogP contribution in [-0.4, -0.2) is 5.84 Å². The van der Waals surface area contributed by atoms with Gasteiger partial charge in [-0.2, -0.15) is 0 Å². The molecule has 1 heterocycles. The van der Waals surface area contributed by atoms with Crippen LogP contribution in [0.5, 0.6) is 5.75 Å². The third-order valence-corrected chi connectivity index (χ3v) is 4.11. The van der Waals surface area contributed by atoms with Crippen LogP contribution in [0.2, 0.25) is 5.02 Å². The smallest absolute Gasteiger partial charge is 0.176 e. The highest BCUT2D eigenvalue weighted by atomic mass is 35.5. The number of fused-ring (bicyclic) bond motifs is 1. The first-order chi connectivity index (χ1) is 10.6. The highest BCUT2D eigenvalue weighted by Gasteiger charge is 2.25. The van der Waals surface area contributed by atoms with Crippen molar-refractivity contribution < 1.29 is 4.74 Å². The standard InChI is InChI=1S/C16H15ClN4O/c1-9-5-14-12(7-13(9)17)8-15(22-14)10-3-2-4-11(6-10)16(18)20-21-19/h2-7,15H,8H2,1H3,(H3,18,19,20)/t15-/m0/s1. The van der Waals surface area contributed by atoms with E-state index in [1.807, 2.05) is 37.3 Å². The van der Waals surface area contributed by atoms with Crippen LogP contribution in [0.1, 0.15) is 28.4 Å². The van der Waals surface area contributed by atoms with Crippen molar-refractivity contribution in [2.24, 2.45) is 16.2 Å². The molecule has 0 spiro atoms. The summed E-state index contributed by atoms with van der Waals surface area (Å²) >= 11 is 6.17. The zero-order chi connectivity index (χ0) is 15.7. The Morgan fingerprint density at radius 1 is 1.36 bits per heavy atom. The fraction of sp³-hybridized carbons (Fsp3) is 0.188. The van der Waals surface area contributed by atoms with E-state index in [-0.39, 0.29) is 11.9 Å². The third kappa shape index (κ3) is 2.67. The highest BCUT2D eigenvalue weighted by molar-refractivity contribution is 6.31. The maximum atomic E-state index is 7.78. The lowest BCUT2D eigenvalue weighted by Gasteiger charge is -2.12. The summed E-state index contributed by atoms with van der Waals surface area (Å²) in [6, 6.07) is 11.4. The second-order valence-corrected chi connectivity index (χ2v) is 5.62. The molecule has 0 fully saturated rings. The van der Waals surface area contributed by atoms with E-state index in [0.717, 1.165) is 33.9 Å². The van der Waals surface area contributed by atoms with Gasteiger partial charge < -0.3 is 10.6 Å². The van der Waals surface area contributed by atoms with Crippen molar-refractivity contribution in [2.45, 2.75) is 19.4 Å². The summed E-state index contributed by atoms with van der Waals surface area (Å²) in [6.45, 7) is 1.96. The minimum atomic E-state index is -0.0876. The number of hydrogen-bond donors (Lipinski definition) is 2. The first kappa shape index (κ1) is 14.5. The molecule has 0 unspecified atom stereocenters. The predicted molar refractivity (Wildman–Crippen MR) is 85.6 cm³/mol. The molecular formula is C16H15ClN4O. The zero-order valence-electron chi connectivity index (χ0n) is 12.0. The molecule has 1 atom stereocenters. The number of nitrogens with two attached hydrogens (primary N) is 1. The molecule has 1 aliphatic heterocycles. The van der Waals surface area contributed by atoms with Crippen molar-refractivity contribution in [3.8, 4) is 5.75 Å². The van der Waals surface area contributed by atoms with Crippen LogP contribution >= 0.6 is 11.6 Å². The van der Waals surface area contributed by atoms with Crippen LogP contribution in [-0.2, 0) is 6.42 Å². The molecule has 0 aromatic heterocycles. The number of amidine groups is 1. The number of hydrogen-bond acceptors (Lipinski definition) is 3. The minimum Gasteiger partial charge on any atom is -0.485 e. The van der Waals surface area contributed by atoms with Crippen LogP contribution in [0.25, 0.3) is 0 Å². The van der Waals surface area contributed by atoms with E-state index in [9.17, 15) is 0 Å². The summed E-state index contributed by atoms with van der Waals surface area (Å²) in [7, 11) is 0. The Morgan fingerprint density at radius 3 is 2.95 bits per heavy atom. The lowest BCUT2D eigenvalue weighted by atomic mass is 10.0. The van der Waals surface area contributed by atoms with Crippen LogP contribution < -0.4 is 10.6 Å². The summed E-state index contributed by atoms with van der Waals surface area (Å²) in [4.78, 5) is 0. The van der Waals surface area contributed by atoms with Gasteiger partial charge in [0.25, 0.3) is 0 Å². The number of halogens is 1. The molecule has 3 N–H and O–H groups in total. The quantitative estimate of drug-likeness (QED) is 0.289. The lowest BCUT2D eigenvalue weighted by molar-refractivity contribution is 0.238.